The number of hydrogen-bond donors (Lipinski definition) is 1. The summed E-state index contributed by atoms with van der Waals surface area (Å²) in [6.45, 7) is -0.681. The molecule has 0 aliphatic heterocycles. The lowest BCUT2D eigenvalue weighted by Gasteiger charge is -2.12. The summed E-state index contributed by atoms with van der Waals surface area (Å²) < 4.78 is 33.2. The van der Waals surface area contributed by atoms with Crippen LogP contribution in [0.4, 0.5) is 14.6 Å². The number of halogens is 2. The zero-order valence-corrected chi connectivity index (χ0v) is 19.0. The van der Waals surface area contributed by atoms with Crippen molar-refractivity contribution in [1.29, 1.82) is 0 Å². The van der Waals surface area contributed by atoms with Gasteiger partial charge in [-0.2, -0.15) is 0 Å². The van der Waals surface area contributed by atoms with Crippen molar-refractivity contribution in [3.05, 3.63) is 100 Å². The second kappa shape index (κ2) is 10.3. The lowest BCUT2D eigenvalue weighted by molar-refractivity contribution is 0.0991. The highest BCUT2D eigenvalue weighted by molar-refractivity contribution is 5.98. The first-order valence-corrected chi connectivity index (χ1v) is 10.9. The maximum atomic E-state index is 13.3. The van der Waals surface area contributed by atoms with Gasteiger partial charge in [0, 0.05) is 30.6 Å². The average Bonchev–Trinajstić information content (AvgIpc) is 2.86. The fourth-order valence-electron chi connectivity index (χ4n) is 3.88. The minimum atomic E-state index is -0.665. The number of pyridine rings is 2. The Kier molecular flexibility index (Phi) is 7.01. The number of hydrogen-bond acceptors (Lipinski definition) is 5. The summed E-state index contributed by atoms with van der Waals surface area (Å²) >= 11 is 0. The third-order valence-electron chi connectivity index (χ3n) is 5.65. The molecule has 0 unspecified atom stereocenters. The number of alkyl halides is 1. The first-order valence-electron chi connectivity index (χ1n) is 10.9. The number of Topliss-reactive ketones (excluding diaryl/α,β-unsaturated/α-hetero) is 1. The van der Waals surface area contributed by atoms with Crippen LogP contribution in [0, 0.1) is 5.82 Å². The number of carbonyl (C=O) groups is 1. The molecule has 0 spiro atoms. The van der Waals surface area contributed by atoms with Gasteiger partial charge in [-0.15, -0.1) is 0 Å². The van der Waals surface area contributed by atoms with Gasteiger partial charge in [-0.3, -0.25) is 9.59 Å². The standard InChI is InChI=1S/C27H23F2N3O3/c1-35-24-10-12-31-27(30)25(24)19-4-2-17(3-5-19)14-23(33)22-16-32(13-11-28)15-21(26(22)34)18-6-8-20(29)9-7-18/h2-10,12,15-16H,11,13-14H2,1H3,(H2,30,31). The van der Waals surface area contributed by atoms with Gasteiger partial charge in [0.05, 0.1) is 24.8 Å². The van der Waals surface area contributed by atoms with E-state index in [0.717, 1.165) is 5.56 Å². The number of nitrogen functional groups attached to an aromatic ring is 1. The molecule has 2 heterocycles. The van der Waals surface area contributed by atoms with E-state index in [1.165, 1.54) is 41.2 Å². The van der Waals surface area contributed by atoms with Crippen LogP contribution in [0.3, 0.4) is 0 Å². The molecule has 2 aromatic carbocycles. The molecule has 0 atom stereocenters. The van der Waals surface area contributed by atoms with Crippen LogP contribution >= 0.6 is 0 Å². The number of nitrogens with two attached hydrogens (primary N) is 1. The fourth-order valence-corrected chi connectivity index (χ4v) is 3.88. The third-order valence-corrected chi connectivity index (χ3v) is 5.65. The lowest BCUT2D eigenvalue weighted by atomic mass is 9.98. The smallest absolute Gasteiger partial charge is 0.200 e. The van der Waals surface area contributed by atoms with Crippen LogP contribution in [0.15, 0.2) is 78.0 Å². The molecule has 0 aliphatic rings. The van der Waals surface area contributed by atoms with Gasteiger partial charge >= 0.3 is 0 Å². The number of rotatable bonds is 8. The van der Waals surface area contributed by atoms with Crippen LogP contribution in [-0.2, 0) is 13.0 Å². The Morgan fingerprint density at radius 2 is 1.71 bits per heavy atom. The predicted octanol–water partition coefficient (Wildman–Crippen LogP) is 4.70. The molecule has 2 aromatic heterocycles. The number of aryl methyl sites for hydroxylation is 1. The van der Waals surface area contributed by atoms with Crippen molar-refractivity contribution in [1.82, 2.24) is 9.55 Å². The highest BCUT2D eigenvalue weighted by Gasteiger charge is 2.17. The molecule has 0 bridgehead atoms. The summed E-state index contributed by atoms with van der Waals surface area (Å²) in [4.78, 5) is 30.4. The second-order valence-electron chi connectivity index (χ2n) is 7.92. The Bertz CT molecular complexity index is 1420. The fraction of sp³-hybridized carbons (Fsp3) is 0.148. The van der Waals surface area contributed by atoms with Gasteiger partial charge in [0.25, 0.3) is 0 Å². The summed E-state index contributed by atoms with van der Waals surface area (Å²) in [5.41, 5.74) is 8.24. The Morgan fingerprint density at radius 3 is 2.37 bits per heavy atom. The largest absolute Gasteiger partial charge is 0.496 e. The molecule has 0 saturated carbocycles. The van der Waals surface area contributed by atoms with Crippen LogP contribution in [0.5, 0.6) is 5.75 Å². The minimum Gasteiger partial charge on any atom is -0.496 e. The summed E-state index contributed by atoms with van der Waals surface area (Å²) in [6, 6.07) is 14.2. The van der Waals surface area contributed by atoms with Gasteiger partial charge in [-0.25, -0.2) is 13.8 Å². The van der Waals surface area contributed by atoms with Crippen molar-refractivity contribution in [2.24, 2.45) is 0 Å². The zero-order valence-electron chi connectivity index (χ0n) is 19.0. The SMILES string of the molecule is COc1ccnc(N)c1-c1ccc(CC(=O)c2cn(CCF)cc(-c3ccc(F)cc3)c2=O)cc1. The molecule has 2 N–H and O–H groups in total. The molecular formula is C27H23F2N3O3. The molecule has 8 heteroatoms. The van der Waals surface area contributed by atoms with E-state index in [-0.39, 0.29) is 24.1 Å². The van der Waals surface area contributed by atoms with Crippen molar-refractivity contribution >= 4 is 11.6 Å². The van der Waals surface area contributed by atoms with E-state index < -0.39 is 23.7 Å². The molecule has 0 aliphatic carbocycles. The number of anilines is 1. The minimum absolute atomic E-state index is 0.0161. The molecule has 6 nitrogen and oxygen atoms in total. The first kappa shape index (κ1) is 23.8. The van der Waals surface area contributed by atoms with Crippen molar-refractivity contribution in [3.63, 3.8) is 0 Å². The summed E-state index contributed by atoms with van der Waals surface area (Å²) in [5.74, 6) is 0.0449. The second-order valence-corrected chi connectivity index (χ2v) is 7.92. The van der Waals surface area contributed by atoms with Gasteiger partial charge in [-0.1, -0.05) is 36.4 Å². The van der Waals surface area contributed by atoms with E-state index in [1.54, 1.807) is 43.6 Å². The number of nitrogens with zero attached hydrogens (tertiary/aromatic N) is 2. The predicted molar refractivity (Wildman–Crippen MR) is 131 cm³/mol. The molecule has 178 valence electrons. The molecule has 35 heavy (non-hydrogen) atoms. The van der Waals surface area contributed by atoms with Gasteiger partial charge in [0.1, 0.15) is 24.1 Å². The van der Waals surface area contributed by atoms with Crippen molar-refractivity contribution < 1.29 is 18.3 Å². The normalized spacial score (nSPS) is 10.8. The summed E-state index contributed by atoms with van der Waals surface area (Å²) in [5, 5.41) is 0. The van der Waals surface area contributed by atoms with E-state index in [2.05, 4.69) is 4.98 Å². The molecule has 4 aromatic rings. The number of ketones is 1. The third kappa shape index (κ3) is 5.11. The van der Waals surface area contributed by atoms with E-state index >= 15 is 0 Å². The van der Waals surface area contributed by atoms with E-state index in [1.807, 2.05) is 0 Å². The quantitative estimate of drug-likeness (QED) is 0.373. The first-order chi connectivity index (χ1) is 16.9. The Balaban J connectivity index is 1.65. The van der Waals surface area contributed by atoms with Gasteiger partial charge in [-0.05, 0) is 34.9 Å². The lowest BCUT2D eigenvalue weighted by Crippen LogP contribution is -2.21. The average molecular weight is 475 g/mol. The Morgan fingerprint density at radius 1 is 1.03 bits per heavy atom. The monoisotopic (exact) mass is 475 g/mol. The summed E-state index contributed by atoms with van der Waals surface area (Å²) in [6.07, 6.45) is 4.37. The van der Waals surface area contributed by atoms with Gasteiger partial charge in [0.15, 0.2) is 11.2 Å². The van der Waals surface area contributed by atoms with Crippen molar-refractivity contribution in [2.45, 2.75) is 13.0 Å². The number of ether oxygens (including phenoxy) is 1. The molecule has 0 amide bonds. The number of benzene rings is 2. The topological polar surface area (TPSA) is 87.2 Å². The van der Waals surface area contributed by atoms with E-state index in [4.69, 9.17) is 10.5 Å². The van der Waals surface area contributed by atoms with E-state index in [0.29, 0.717) is 28.3 Å². The summed E-state index contributed by atoms with van der Waals surface area (Å²) in [7, 11) is 1.54. The van der Waals surface area contributed by atoms with E-state index in [9.17, 15) is 18.4 Å². The molecular weight excluding hydrogens is 452 g/mol. The van der Waals surface area contributed by atoms with Crippen LogP contribution in [-0.4, -0.2) is 29.1 Å². The van der Waals surface area contributed by atoms with Gasteiger partial charge in [0.2, 0.25) is 0 Å². The maximum absolute atomic E-state index is 13.3. The highest BCUT2D eigenvalue weighted by Crippen LogP contribution is 2.33. The Hall–Kier alpha value is -4.33. The molecule has 0 radical (unpaired) electrons. The van der Waals surface area contributed by atoms with Crippen LogP contribution in [0.25, 0.3) is 22.3 Å². The number of carbonyl (C=O) groups excluding carboxylic acids is 1. The van der Waals surface area contributed by atoms with Crippen LogP contribution in [0.2, 0.25) is 0 Å². The highest BCUT2D eigenvalue weighted by atomic mass is 19.1. The number of methoxy groups -OCH3 is 1. The molecule has 4 rings (SSSR count). The number of aromatic nitrogens is 2. The zero-order chi connectivity index (χ0) is 24.9. The molecule has 0 fully saturated rings. The van der Waals surface area contributed by atoms with Crippen LogP contribution < -0.4 is 15.9 Å². The van der Waals surface area contributed by atoms with Crippen molar-refractivity contribution in [3.8, 4) is 28.0 Å². The van der Waals surface area contributed by atoms with Gasteiger partial charge < -0.3 is 15.0 Å². The maximum Gasteiger partial charge on any atom is 0.200 e. The molecule has 0 saturated heterocycles. The van der Waals surface area contributed by atoms with Crippen LogP contribution in [0.1, 0.15) is 15.9 Å². The van der Waals surface area contributed by atoms with Crippen molar-refractivity contribution in [2.75, 3.05) is 19.5 Å². The Labute approximate surface area is 200 Å².